The lowest BCUT2D eigenvalue weighted by Crippen LogP contribution is -2.12. The lowest BCUT2D eigenvalue weighted by Gasteiger charge is -2.17. The van der Waals surface area contributed by atoms with Gasteiger partial charge in [-0.05, 0) is 55.0 Å². The molecule has 0 bridgehead atoms. The van der Waals surface area contributed by atoms with E-state index in [1.54, 1.807) is 0 Å². The molecule has 1 unspecified atom stereocenters. The van der Waals surface area contributed by atoms with Crippen molar-refractivity contribution in [1.82, 2.24) is 0 Å². The molecule has 0 amide bonds. The molecule has 0 fully saturated rings. The summed E-state index contributed by atoms with van der Waals surface area (Å²) in [5, 5.41) is 0. The highest BCUT2D eigenvalue weighted by Gasteiger charge is 2.08. The van der Waals surface area contributed by atoms with Crippen LogP contribution in [0, 0.1) is 11.8 Å². The second-order valence-electron chi connectivity index (χ2n) is 5.34. The zero-order valence-electron chi connectivity index (χ0n) is 11.6. The second kappa shape index (κ2) is 7.80. The number of nitrogens with two attached hydrogens (primary N) is 1. The minimum absolute atomic E-state index is 0.583. The number of hydrogen-bond donors (Lipinski definition) is 1. The van der Waals surface area contributed by atoms with Crippen LogP contribution in [0.15, 0.2) is 22.7 Å². The molecule has 0 aliphatic heterocycles. The summed E-state index contributed by atoms with van der Waals surface area (Å²) < 4.78 is 7.01. The molecule has 1 aromatic carbocycles. The fraction of sp³-hybridized carbons (Fsp3) is 0.600. The zero-order valence-corrected chi connectivity index (χ0v) is 13.2. The van der Waals surface area contributed by atoms with Crippen LogP contribution in [0.2, 0.25) is 0 Å². The highest BCUT2D eigenvalue weighted by molar-refractivity contribution is 9.10. The molecule has 0 saturated heterocycles. The van der Waals surface area contributed by atoms with E-state index in [1.807, 2.05) is 12.1 Å². The predicted molar refractivity (Wildman–Crippen MR) is 81.0 cm³/mol. The number of halogens is 1. The fourth-order valence-corrected chi connectivity index (χ4v) is 2.55. The standard InChI is InChI=1S/C15H24BrNO/c1-11(2)8-12(3)10-18-15-5-4-14(16)9-13(15)6-7-17/h4-5,9,11-12H,6-8,10,17H2,1-3H3. The molecule has 3 heteroatoms. The Morgan fingerprint density at radius 1 is 1.28 bits per heavy atom. The predicted octanol–water partition coefficient (Wildman–Crippen LogP) is 4.01. The van der Waals surface area contributed by atoms with Gasteiger partial charge in [0.05, 0.1) is 6.61 Å². The Morgan fingerprint density at radius 3 is 2.61 bits per heavy atom. The first-order valence-electron chi connectivity index (χ1n) is 6.64. The molecule has 1 aromatic rings. The van der Waals surface area contributed by atoms with Gasteiger partial charge in [-0.3, -0.25) is 0 Å². The molecule has 0 saturated carbocycles. The monoisotopic (exact) mass is 313 g/mol. The van der Waals surface area contributed by atoms with Gasteiger partial charge in [0.1, 0.15) is 5.75 Å². The summed E-state index contributed by atoms with van der Waals surface area (Å²) in [5.74, 6) is 2.27. The molecule has 0 aliphatic rings. The van der Waals surface area contributed by atoms with Gasteiger partial charge in [-0.15, -0.1) is 0 Å². The van der Waals surface area contributed by atoms with Crippen LogP contribution in [0.3, 0.4) is 0 Å². The number of ether oxygens (including phenoxy) is 1. The molecule has 2 nitrogen and oxygen atoms in total. The molecule has 18 heavy (non-hydrogen) atoms. The van der Waals surface area contributed by atoms with Crippen LogP contribution in [-0.2, 0) is 6.42 Å². The van der Waals surface area contributed by atoms with Gasteiger partial charge in [-0.25, -0.2) is 0 Å². The zero-order chi connectivity index (χ0) is 13.5. The van der Waals surface area contributed by atoms with Gasteiger partial charge in [0.25, 0.3) is 0 Å². The Morgan fingerprint density at radius 2 is 2.00 bits per heavy atom. The van der Waals surface area contributed by atoms with Crippen LogP contribution in [0.25, 0.3) is 0 Å². The summed E-state index contributed by atoms with van der Waals surface area (Å²) in [7, 11) is 0. The quantitative estimate of drug-likeness (QED) is 0.825. The van der Waals surface area contributed by atoms with Gasteiger partial charge in [0.2, 0.25) is 0 Å². The Hall–Kier alpha value is -0.540. The van der Waals surface area contributed by atoms with E-state index in [0.29, 0.717) is 12.5 Å². The lowest BCUT2D eigenvalue weighted by molar-refractivity contribution is 0.237. The summed E-state index contributed by atoms with van der Waals surface area (Å²) in [6.07, 6.45) is 2.05. The molecule has 0 aromatic heterocycles. The van der Waals surface area contributed by atoms with Gasteiger partial charge in [-0.2, -0.15) is 0 Å². The topological polar surface area (TPSA) is 35.2 Å². The fourth-order valence-electron chi connectivity index (χ4n) is 2.14. The third-order valence-corrected chi connectivity index (χ3v) is 3.33. The van der Waals surface area contributed by atoms with Crippen LogP contribution in [0.4, 0.5) is 0 Å². The highest BCUT2D eigenvalue weighted by Crippen LogP contribution is 2.24. The summed E-state index contributed by atoms with van der Waals surface area (Å²) in [5.41, 5.74) is 6.81. The smallest absolute Gasteiger partial charge is 0.122 e. The van der Waals surface area contributed by atoms with E-state index in [9.17, 15) is 0 Å². The molecular weight excluding hydrogens is 290 g/mol. The first kappa shape index (κ1) is 15.5. The molecule has 0 spiro atoms. The van der Waals surface area contributed by atoms with E-state index in [-0.39, 0.29) is 0 Å². The van der Waals surface area contributed by atoms with Crippen LogP contribution in [0.1, 0.15) is 32.8 Å². The molecule has 1 rings (SSSR count). The Balaban J connectivity index is 2.60. The lowest BCUT2D eigenvalue weighted by atomic mass is 10.00. The minimum atomic E-state index is 0.583. The summed E-state index contributed by atoms with van der Waals surface area (Å²) in [4.78, 5) is 0. The van der Waals surface area contributed by atoms with Gasteiger partial charge in [0, 0.05) is 4.47 Å². The number of benzene rings is 1. The average molecular weight is 314 g/mol. The van der Waals surface area contributed by atoms with E-state index in [0.717, 1.165) is 29.2 Å². The normalized spacial score (nSPS) is 12.8. The van der Waals surface area contributed by atoms with Gasteiger partial charge >= 0.3 is 0 Å². The maximum atomic E-state index is 5.93. The van der Waals surface area contributed by atoms with Crippen molar-refractivity contribution in [2.45, 2.75) is 33.6 Å². The van der Waals surface area contributed by atoms with E-state index in [2.05, 4.69) is 42.8 Å². The van der Waals surface area contributed by atoms with Gasteiger partial charge in [0.15, 0.2) is 0 Å². The number of hydrogen-bond acceptors (Lipinski definition) is 2. The average Bonchev–Trinajstić information content (AvgIpc) is 2.27. The van der Waals surface area contributed by atoms with E-state index in [1.165, 1.54) is 12.0 Å². The van der Waals surface area contributed by atoms with Crippen molar-refractivity contribution >= 4 is 15.9 Å². The van der Waals surface area contributed by atoms with E-state index >= 15 is 0 Å². The van der Waals surface area contributed by atoms with Crippen LogP contribution < -0.4 is 10.5 Å². The molecule has 0 aliphatic carbocycles. The van der Waals surface area contributed by atoms with Crippen molar-refractivity contribution in [2.24, 2.45) is 17.6 Å². The number of rotatable bonds is 7. The van der Waals surface area contributed by atoms with Crippen molar-refractivity contribution in [1.29, 1.82) is 0 Å². The molecule has 1 atom stereocenters. The maximum absolute atomic E-state index is 5.93. The second-order valence-corrected chi connectivity index (χ2v) is 6.25. The van der Waals surface area contributed by atoms with Crippen molar-refractivity contribution in [3.05, 3.63) is 28.2 Å². The van der Waals surface area contributed by atoms with Crippen molar-refractivity contribution < 1.29 is 4.74 Å². The van der Waals surface area contributed by atoms with Gasteiger partial charge in [-0.1, -0.05) is 36.7 Å². The van der Waals surface area contributed by atoms with Crippen molar-refractivity contribution in [3.8, 4) is 5.75 Å². The van der Waals surface area contributed by atoms with Crippen LogP contribution in [-0.4, -0.2) is 13.2 Å². The van der Waals surface area contributed by atoms with Gasteiger partial charge < -0.3 is 10.5 Å². The Labute approximate surface area is 119 Å². The molecular formula is C15H24BrNO. The Kier molecular flexibility index (Phi) is 6.72. The third kappa shape index (κ3) is 5.40. The SMILES string of the molecule is CC(C)CC(C)COc1ccc(Br)cc1CCN. The Bertz CT molecular complexity index is 366. The highest BCUT2D eigenvalue weighted by atomic mass is 79.9. The minimum Gasteiger partial charge on any atom is -0.493 e. The molecule has 102 valence electrons. The van der Waals surface area contributed by atoms with Crippen molar-refractivity contribution in [3.63, 3.8) is 0 Å². The molecule has 0 radical (unpaired) electrons. The molecule has 0 heterocycles. The van der Waals surface area contributed by atoms with Crippen LogP contribution >= 0.6 is 15.9 Å². The first-order chi connectivity index (χ1) is 8.52. The molecule has 2 N–H and O–H groups in total. The van der Waals surface area contributed by atoms with E-state index in [4.69, 9.17) is 10.5 Å². The maximum Gasteiger partial charge on any atom is 0.122 e. The third-order valence-electron chi connectivity index (χ3n) is 2.83. The summed E-state index contributed by atoms with van der Waals surface area (Å²) >= 11 is 3.48. The first-order valence-corrected chi connectivity index (χ1v) is 7.43. The van der Waals surface area contributed by atoms with Crippen molar-refractivity contribution in [2.75, 3.05) is 13.2 Å². The summed E-state index contributed by atoms with van der Waals surface area (Å²) in [6.45, 7) is 8.15. The van der Waals surface area contributed by atoms with E-state index < -0.39 is 0 Å². The summed E-state index contributed by atoms with van der Waals surface area (Å²) in [6, 6.07) is 6.13. The van der Waals surface area contributed by atoms with Crippen LogP contribution in [0.5, 0.6) is 5.75 Å². The largest absolute Gasteiger partial charge is 0.493 e.